The third-order valence-electron chi connectivity index (χ3n) is 24.9. The van der Waals surface area contributed by atoms with Gasteiger partial charge in [0.05, 0.1) is 152 Å². The first-order chi connectivity index (χ1) is 64.8. The first-order valence-electron chi connectivity index (χ1n) is 45.2. The normalized spacial score (nSPS) is 25.6. The highest BCUT2D eigenvalue weighted by molar-refractivity contribution is 7.85. The number of carbonyl (C=O) groups is 13. The molecule has 2 unspecified atom stereocenters. The molecule has 3 fully saturated rings. The van der Waals surface area contributed by atoms with Gasteiger partial charge in [0.1, 0.15) is 65.3 Å². The molecule has 5 aliphatic heterocycles. The molecule has 2 aromatic heterocycles. The Morgan fingerprint density at radius 3 is 2.16 bits per heavy atom. The minimum absolute atomic E-state index is 0.0590. The topological polar surface area (TPSA) is 637 Å². The average Bonchev–Trinajstić information content (AvgIpc) is 1.63. The van der Waals surface area contributed by atoms with E-state index in [-0.39, 0.29) is 145 Å². The van der Waals surface area contributed by atoms with E-state index in [0.29, 0.717) is 50.2 Å². The number of phenolic OH excluding ortho intramolecular Hbond substituents is 1. The predicted octanol–water partition coefficient (Wildman–Crippen LogP) is -3.30. The van der Waals surface area contributed by atoms with Crippen molar-refractivity contribution in [2.45, 2.75) is 190 Å². The summed E-state index contributed by atoms with van der Waals surface area (Å²) in [5, 5.41) is 112. The lowest BCUT2D eigenvalue weighted by molar-refractivity contribution is -0.902. The van der Waals surface area contributed by atoms with Crippen LogP contribution in [-0.4, -0.2) is 343 Å². The number of carbonyl (C=O) groups excluding carboxylic acids is 13. The molecular formula is C89H121N14O31S2+. The number of fused-ring (bicyclic) bond motifs is 5. The number of ketones is 3. The van der Waals surface area contributed by atoms with Gasteiger partial charge in [-0.3, -0.25) is 71.4 Å². The van der Waals surface area contributed by atoms with Crippen molar-refractivity contribution in [2.75, 3.05) is 112 Å². The lowest BCUT2D eigenvalue weighted by atomic mass is 9.81. The molecule has 16 N–H and O–H groups in total. The van der Waals surface area contributed by atoms with E-state index in [9.17, 15) is 97.2 Å². The number of imide groups is 1. The number of amides is 10. The Labute approximate surface area is 785 Å². The number of nitrogens with zero attached hydrogens (tertiary/aromatic N) is 6. The van der Waals surface area contributed by atoms with Gasteiger partial charge in [-0.05, 0) is 111 Å². The summed E-state index contributed by atoms with van der Waals surface area (Å²) >= 11 is 0. The molecule has 47 heteroatoms. The van der Waals surface area contributed by atoms with Crippen LogP contribution in [0.4, 0.5) is 0 Å². The number of aromatic amines is 1. The SMILES string of the molecule is CC[C@H](C)[C@@H]1NC(=O)CNC(=O)[C@H]2CC(=O)[C@H]([C@@H](C)[C@@H](O)CO)NC(=O)[C@@H]3C[C@@H](O)CN3C(=O)[C@H](CC(=O)NCC[N+](C)(C)Cc3ccc(OS(=O)(=O)Oc4cc(C(=O)CCCOCCn5cc(COCCOCCNC(=O)C6CCC(CN7C(=O)C=CC7=O)CC6)nn5)ccc4OC4O[C@H](CO)[C@H](O)[C@H](O)[C@H]4O)cc3)CC(=O)[C@H](CS(=O)c3[nH]c4cc(O)ccc4c3C2)NC(=O)CNC1=O. The van der Waals surface area contributed by atoms with E-state index in [1.165, 1.54) is 72.5 Å². The molecule has 744 valence electrons. The fraction of sp³-hybridized carbons (Fsp3) is 0.584. The molecular weight excluding hydrogens is 1830 g/mol. The number of rotatable bonds is 38. The van der Waals surface area contributed by atoms with E-state index in [0.717, 1.165) is 29.9 Å². The summed E-state index contributed by atoms with van der Waals surface area (Å²) in [5.41, 5.74) is 1.30. The van der Waals surface area contributed by atoms with Crippen LogP contribution in [0.1, 0.15) is 119 Å². The molecule has 16 atom stereocenters. The van der Waals surface area contributed by atoms with Crippen LogP contribution in [0.25, 0.3) is 10.9 Å². The molecule has 1 saturated carbocycles. The average molecular weight is 1950 g/mol. The van der Waals surface area contributed by atoms with E-state index in [1.54, 1.807) is 38.8 Å². The number of nitrogens with one attached hydrogen (secondary N) is 8. The largest absolute Gasteiger partial charge is 0.508 e. The van der Waals surface area contributed by atoms with Gasteiger partial charge in [-0.15, -0.1) is 13.5 Å². The lowest BCUT2D eigenvalue weighted by Gasteiger charge is -2.39. The van der Waals surface area contributed by atoms with Crippen molar-refractivity contribution in [1.82, 2.24) is 67.0 Å². The third-order valence-corrected chi connectivity index (χ3v) is 27.1. The van der Waals surface area contributed by atoms with Gasteiger partial charge < -0.3 is 124 Å². The Morgan fingerprint density at radius 1 is 0.743 bits per heavy atom. The van der Waals surface area contributed by atoms with Gasteiger partial charge in [0.2, 0.25) is 53.5 Å². The van der Waals surface area contributed by atoms with Crippen LogP contribution in [-0.2, 0) is 124 Å². The van der Waals surface area contributed by atoms with Crippen LogP contribution in [0.3, 0.4) is 0 Å². The second-order valence-corrected chi connectivity index (χ2v) is 38.1. The number of hydrogen-bond donors (Lipinski definition) is 16. The highest BCUT2D eigenvalue weighted by Crippen LogP contribution is 2.38. The number of likely N-dealkylation sites (N-methyl/N-ethyl adjacent to an activating group) is 1. The van der Waals surface area contributed by atoms with Gasteiger partial charge in [-0.2, -0.15) is 0 Å². The predicted molar refractivity (Wildman–Crippen MR) is 476 cm³/mol. The molecule has 7 heterocycles. The summed E-state index contributed by atoms with van der Waals surface area (Å²) in [6.07, 6.45) is -8.10. The Kier molecular flexibility index (Phi) is 37.7. The molecule has 6 aliphatic rings. The fourth-order valence-electron chi connectivity index (χ4n) is 16.9. The summed E-state index contributed by atoms with van der Waals surface area (Å²) in [6, 6.07) is 6.52. The van der Waals surface area contributed by atoms with E-state index in [1.807, 2.05) is 0 Å². The van der Waals surface area contributed by atoms with Crippen LogP contribution in [0, 0.1) is 35.5 Å². The molecule has 2 saturated heterocycles. The van der Waals surface area contributed by atoms with Gasteiger partial charge in [0, 0.05) is 111 Å². The Morgan fingerprint density at radius 2 is 1.45 bits per heavy atom. The molecule has 0 radical (unpaired) electrons. The zero-order valence-corrected chi connectivity index (χ0v) is 77.6. The smallest absolute Gasteiger partial charge is 0.501 e. The molecule has 45 nitrogen and oxygen atoms in total. The molecule has 136 heavy (non-hydrogen) atoms. The summed E-state index contributed by atoms with van der Waals surface area (Å²) in [5.74, 6) is -17.3. The van der Waals surface area contributed by atoms with Crippen LogP contribution in [0.5, 0.6) is 23.0 Å². The molecule has 3 aromatic carbocycles. The van der Waals surface area contributed by atoms with Gasteiger partial charge in [-0.25, -0.2) is 4.68 Å². The minimum atomic E-state index is -5.18. The summed E-state index contributed by atoms with van der Waals surface area (Å²) in [6.45, 7) is 3.18. The van der Waals surface area contributed by atoms with E-state index >= 15 is 18.6 Å². The zero-order chi connectivity index (χ0) is 98.4. The van der Waals surface area contributed by atoms with Gasteiger partial charge in [0.15, 0.2) is 28.8 Å². The van der Waals surface area contributed by atoms with Crippen LogP contribution >= 0.6 is 0 Å². The summed E-state index contributed by atoms with van der Waals surface area (Å²) in [7, 11) is -4.06. The third kappa shape index (κ3) is 29.0. The number of ether oxygens (including phenoxy) is 5. The number of H-pyrrole nitrogens is 1. The number of benzene rings is 3. The van der Waals surface area contributed by atoms with E-state index < -0.39 is 253 Å². The number of aliphatic hydroxyl groups is 7. The second kappa shape index (κ2) is 48.7. The van der Waals surface area contributed by atoms with Gasteiger partial charge in [-0.1, -0.05) is 32.4 Å². The van der Waals surface area contributed by atoms with Crippen LogP contribution in [0.2, 0.25) is 0 Å². The highest BCUT2D eigenvalue weighted by atomic mass is 32.3. The van der Waals surface area contributed by atoms with Crippen molar-refractivity contribution in [2.24, 2.45) is 35.5 Å². The molecule has 5 aromatic rings. The Balaban J connectivity index is 0.706. The maximum atomic E-state index is 15.3. The molecule has 10 amide bonds. The number of quaternary nitrogens is 1. The minimum Gasteiger partial charge on any atom is -0.508 e. The van der Waals surface area contributed by atoms with Crippen molar-refractivity contribution in [3.63, 3.8) is 0 Å². The zero-order valence-electron chi connectivity index (χ0n) is 76.0. The van der Waals surface area contributed by atoms with Gasteiger partial charge in [0.25, 0.3) is 11.8 Å². The number of Topliss-reactive ketones (excluding diaryl/α,β-unsaturated/α-hetero) is 3. The quantitative estimate of drug-likeness (QED) is 0.00797. The van der Waals surface area contributed by atoms with Crippen molar-refractivity contribution in [1.29, 1.82) is 0 Å². The number of aromatic nitrogens is 4. The molecule has 0 spiro atoms. The fourth-order valence-corrected chi connectivity index (χ4v) is 19.1. The standard InChI is InChI=1S/C89H120N14O31S2/c1-6-49(2)78-86(123)93-39-74(113)94-64-48-135(125)87-62(61-19-16-58(106)37-63(61)95-87)32-55(84(121)92-40-75(114)96-78)33-68(110)79(50(3)69(111)45-104)97-85(122)65-38-59(107)43-101(65)88(124)56(34-67(64)109)36-73(112)90-23-26-103(4,5)44-52-11-17-60(18-12-52)133-136(126,127)134-71-35-54(15-20-70(71)131-89-82(119)81(118)80(117)72(46-105)132-89)66(108)8-7-27-128-29-25-100-42-57(98-99-100)47-130-31-30-129-28-24-91-83(120)53-13-9-51(10-14-53)41-102-76(115)21-22-77(102)116/h11-12,15-22,35,37,42,49-51,53,55-56,59,64-65,69,72,78-82,89,104-105,107,111,117-119H,6-10,13-14,23-34,36,38-41,43-48H2,1-5H3,(H8-,90,91,92,93,94,95,96,97,98,99,106,112,113,114,115,116,120,121,122,123)/p+1/t49-,50-,51?,53?,55+,56-,59+,64-,65-,69-,72+,78-,79-,80-,81-,82+,89?,135?/m0/s1. The van der Waals surface area contributed by atoms with E-state index in [4.69, 9.17) is 32.1 Å². The van der Waals surface area contributed by atoms with Crippen LogP contribution < -0.4 is 50.3 Å². The Hall–Kier alpha value is -11.2. The number of phenols is 1. The summed E-state index contributed by atoms with van der Waals surface area (Å²) < 4.78 is 83.9. The summed E-state index contributed by atoms with van der Waals surface area (Å²) in [4.78, 5) is 187. The molecule has 11 rings (SSSR count). The number of aromatic hydroxyl groups is 1. The maximum Gasteiger partial charge on any atom is 0.501 e. The first-order valence-corrected chi connectivity index (χ1v) is 47.8. The number of aliphatic hydroxyl groups excluding tert-OH is 7. The lowest BCUT2D eigenvalue weighted by Crippen LogP contribution is -2.60. The second-order valence-electron chi connectivity index (χ2n) is 35.6. The van der Waals surface area contributed by atoms with Crippen molar-refractivity contribution in [3.05, 3.63) is 101 Å². The van der Waals surface area contributed by atoms with Gasteiger partial charge >= 0.3 is 10.4 Å². The molecule has 2 bridgehead atoms. The van der Waals surface area contributed by atoms with Crippen LogP contribution in [0.15, 0.2) is 84.0 Å². The van der Waals surface area contributed by atoms with Crippen molar-refractivity contribution in [3.8, 4) is 23.0 Å². The van der Waals surface area contributed by atoms with Crippen molar-refractivity contribution < 1.29 is 152 Å². The number of hydrogen-bond acceptors (Lipinski definition) is 33. The highest BCUT2D eigenvalue weighted by Gasteiger charge is 2.48. The Bertz CT molecular complexity index is 5260. The molecule has 1 aliphatic carbocycles. The maximum absolute atomic E-state index is 15.3. The first kappa shape index (κ1) is 105. The van der Waals surface area contributed by atoms with E-state index in [2.05, 4.69) is 52.5 Å². The monoisotopic (exact) mass is 1950 g/mol. The van der Waals surface area contributed by atoms with Crippen molar-refractivity contribution >= 4 is 109 Å².